The number of benzene rings is 3. The molecule has 0 bridgehead atoms. The fourth-order valence-electron chi connectivity index (χ4n) is 3.76. The van der Waals surface area contributed by atoms with Gasteiger partial charge in [-0.1, -0.05) is 78.9 Å². The second kappa shape index (κ2) is 6.91. The average Bonchev–Trinajstić information content (AvgIpc) is 2.76. The Morgan fingerprint density at radius 1 is 0.724 bits per heavy atom. The lowest BCUT2D eigenvalue weighted by Crippen LogP contribution is -2.26. The minimum Gasteiger partial charge on any atom is -0.422 e. The van der Waals surface area contributed by atoms with E-state index < -0.39 is 5.63 Å². The third kappa shape index (κ3) is 2.95. The van der Waals surface area contributed by atoms with E-state index in [0.29, 0.717) is 17.5 Å². The maximum absolute atomic E-state index is 13.5. The van der Waals surface area contributed by atoms with Crippen LogP contribution in [0.2, 0.25) is 0 Å². The number of pyridine rings is 1. The molecule has 0 N–H and O–H groups in total. The molecule has 0 atom stereocenters. The highest BCUT2D eigenvalue weighted by Gasteiger charge is 2.17. The topological polar surface area (TPSA) is 52.2 Å². The summed E-state index contributed by atoms with van der Waals surface area (Å²) < 4.78 is 7.09. The molecule has 0 amide bonds. The molecule has 0 saturated heterocycles. The maximum atomic E-state index is 13.5. The van der Waals surface area contributed by atoms with E-state index in [-0.39, 0.29) is 10.9 Å². The lowest BCUT2D eigenvalue weighted by Gasteiger charge is -2.15. The molecule has 4 heteroatoms. The van der Waals surface area contributed by atoms with E-state index in [4.69, 9.17) is 4.42 Å². The summed E-state index contributed by atoms with van der Waals surface area (Å²) in [5.74, 6) is 0. The Kier molecular flexibility index (Phi) is 4.10. The van der Waals surface area contributed by atoms with Crippen LogP contribution in [0, 0.1) is 0 Å². The van der Waals surface area contributed by atoms with Crippen LogP contribution in [0.15, 0.2) is 105 Å². The molecule has 0 saturated carbocycles. The quantitative estimate of drug-likeness (QED) is 0.333. The molecular formula is C25H17NO3. The van der Waals surface area contributed by atoms with E-state index in [0.717, 1.165) is 22.2 Å². The van der Waals surface area contributed by atoms with E-state index in [9.17, 15) is 9.59 Å². The molecule has 140 valence electrons. The van der Waals surface area contributed by atoms with E-state index in [1.807, 2.05) is 84.9 Å². The molecule has 3 aromatic carbocycles. The molecule has 5 aromatic rings. The standard InChI is InChI=1S/C25H17NO3/c27-24-23-20(19-13-7-8-14-22(19)29-25(23)28)15-21(18-11-5-2-6-12-18)26(24)16-17-9-3-1-4-10-17/h1-15H,16H2. The van der Waals surface area contributed by atoms with Crippen molar-refractivity contribution in [2.45, 2.75) is 6.54 Å². The van der Waals surface area contributed by atoms with Crippen LogP contribution < -0.4 is 11.2 Å². The molecule has 0 aliphatic rings. The van der Waals surface area contributed by atoms with Crippen LogP contribution in [-0.2, 0) is 6.54 Å². The van der Waals surface area contributed by atoms with Gasteiger partial charge in [0.1, 0.15) is 11.0 Å². The maximum Gasteiger partial charge on any atom is 0.349 e. The van der Waals surface area contributed by atoms with Crippen molar-refractivity contribution in [2.75, 3.05) is 0 Å². The predicted octanol–water partition coefficient (Wildman–Crippen LogP) is 4.82. The predicted molar refractivity (Wildman–Crippen MR) is 115 cm³/mol. The van der Waals surface area contributed by atoms with Crippen molar-refractivity contribution in [3.63, 3.8) is 0 Å². The fraction of sp³-hybridized carbons (Fsp3) is 0.0400. The summed E-state index contributed by atoms with van der Waals surface area (Å²) in [4.78, 5) is 26.2. The van der Waals surface area contributed by atoms with Gasteiger partial charge in [0, 0.05) is 10.8 Å². The second-order valence-corrected chi connectivity index (χ2v) is 6.95. The number of para-hydroxylation sites is 1. The third-order valence-corrected chi connectivity index (χ3v) is 5.14. The largest absolute Gasteiger partial charge is 0.422 e. The first-order valence-corrected chi connectivity index (χ1v) is 9.41. The van der Waals surface area contributed by atoms with Gasteiger partial charge in [0.25, 0.3) is 5.56 Å². The van der Waals surface area contributed by atoms with Crippen molar-refractivity contribution in [3.8, 4) is 11.3 Å². The van der Waals surface area contributed by atoms with Gasteiger partial charge in [-0.15, -0.1) is 0 Å². The first kappa shape index (κ1) is 17.2. The van der Waals surface area contributed by atoms with Crippen molar-refractivity contribution in [2.24, 2.45) is 0 Å². The van der Waals surface area contributed by atoms with Gasteiger partial charge >= 0.3 is 5.63 Å². The first-order chi connectivity index (χ1) is 14.2. The lowest BCUT2D eigenvalue weighted by atomic mass is 10.0. The van der Waals surface area contributed by atoms with Gasteiger partial charge in [0.05, 0.1) is 12.2 Å². The summed E-state index contributed by atoms with van der Waals surface area (Å²) in [5.41, 5.74) is 2.19. The van der Waals surface area contributed by atoms with Crippen LogP contribution >= 0.6 is 0 Å². The lowest BCUT2D eigenvalue weighted by molar-refractivity contribution is 0.568. The number of nitrogens with zero attached hydrogens (tertiary/aromatic N) is 1. The molecule has 0 unspecified atom stereocenters. The van der Waals surface area contributed by atoms with Crippen molar-refractivity contribution in [3.05, 3.63) is 117 Å². The molecule has 2 aromatic heterocycles. The molecule has 4 nitrogen and oxygen atoms in total. The summed E-state index contributed by atoms with van der Waals surface area (Å²) >= 11 is 0. The number of fused-ring (bicyclic) bond motifs is 3. The molecule has 0 aliphatic carbocycles. The summed E-state index contributed by atoms with van der Waals surface area (Å²) in [6.07, 6.45) is 0. The first-order valence-electron chi connectivity index (χ1n) is 9.41. The van der Waals surface area contributed by atoms with Gasteiger partial charge in [-0.2, -0.15) is 0 Å². The summed E-state index contributed by atoms with van der Waals surface area (Å²) in [6.45, 7) is 0.367. The Bertz CT molecular complexity index is 1450. The Morgan fingerprint density at radius 3 is 2.14 bits per heavy atom. The second-order valence-electron chi connectivity index (χ2n) is 6.95. The van der Waals surface area contributed by atoms with Gasteiger partial charge in [0.2, 0.25) is 0 Å². The van der Waals surface area contributed by atoms with Gasteiger partial charge in [-0.05, 0) is 23.3 Å². The Morgan fingerprint density at radius 2 is 1.38 bits per heavy atom. The Hall–Kier alpha value is -3.92. The molecule has 0 radical (unpaired) electrons. The molecule has 2 heterocycles. The van der Waals surface area contributed by atoms with Crippen molar-refractivity contribution in [1.29, 1.82) is 0 Å². The number of hydrogen-bond donors (Lipinski definition) is 0. The average molecular weight is 379 g/mol. The van der Waals surface area contributed by atoms with Crippen molar-refractivity contribution >= 4 is 21.7 Å². The van der Waals surface area contributed by atoms with Gasteiger partial charge in [-0.25, -0.2) is 4.79 Å². The zero-order chi connectivity index (χ0) is 19.8. The van der Waals surface area contributed by atoms with Gasteiger partial charge < -0.3 is 8.98 Å². The van der Waals surface area contributed by atoms with Crippen LogP contribution in [-0.4, -0.2) is 4.57 Å². The van der Waals surface area contributed by atoms with E-state index >= 15 is 0 Å². The number of hydrogen-bond acceptors (Lipinski definition) is 3. The van der Waals surface area contributed by atoms with Crippen LogP contribution in [0.1, 0.15) is 5.56 Å². The minimum absolute atomic E-state index is 0.0827. The smallest absolute Gasteiger partial charge is 0.349 e. The third-order valence-electron chi connectivity index (χ3n) is 5.14. The highest BCUT2D eigenvalue weighted by Crippen LogP contribution is 2.27. The van der Waals surface area contributed by atoms with Crippen LogP contribution in [0.25, 0.3) is 33.0 Å². The zero-order valence-electron chi connectivity index (χ0n) is 15.5. The van der Waals surface area contributed by atoms with Crippen molar-refractivity contribution < 1.29 is 4.42 Å². The van der Waals surface area contributed by atoms with Gasteiger partial charge in [-0.3, -0.25) is 4.79 Å². The molecule has 5 rings (SSSR count). The minimum atomic E-state index is -0.606. The SMILES string of the molecule is O=c1oc2ccccc2c2cc(-c3ccccc3)n(Cc3ccccc3)c(=O)c12. The van der Waals surface area contributed by atoms with Crippen molar-refractivity contribution in [1.82, 2.24) is 4.57 Å². The van der Waals surface area contributed by atoms with Gasteiger partial charge in [0.15, 0.2) is 0 Å². The highest BCUT2D eigenvalue weighted by molar-refractivity contribution is 6.05. The Balaban J connectivity index is 1.90. The Labute approximate surface area is 166 Å². The normalized spacial score (nSPS) is 11.2. The van der Waals surface area contributed by atoms with E-state index in [2.05, 4.69) is 0 Å². The fourth-order valence-corrected chi connectivity index (χ4v) is 3.76. The molecular weight excluding hydrogens is 362 g/mol. The number of rotatable bonds is 3. The molecule has 0 spiro atoms. The van der Waals surface area contributed by atoms with Crippen LogP contribution in [0.4, 0.5) is 0 Å². The highest BCUT2D eigenvalue weighted by atomic mass is 16.4. The van der Waals surface area contributed by atoms with E-state index in [1.54, 1.807) is 10.6 Å². The van der Waals surface area contributed by atoms with Crippen LogP contribution in [0.3, 0.4) is 0 Å². The monoisotopic (exact) mass is 379 g/mol. The zero-order valence-corrected chi connectivity index (χ0v) is 15.5. The molecule has 0 fully saturated rings. The number of aromatic nitrogens is 1. The summed E-state index contributed by atoms with van der Waals surface area (Å²) in [5, 5.41) is 1.45. The molecule has 29 heavy (non-hydrogen) atoms. The molecule has 0 aliphatic heterocycles. The summed E-state index contributed by atoms with van der Waals surface area (Å²) in [7, 11) is 0. The van der Waals surface area contributed by atoms with E-state index in [1.165, 1.54) is 0 Å². The van der Waals surface area contributed by atoms with Crippen LogP contribution in [0.5, 0.6) is 0 Å². The summed E-state index contributed by atoms with van der Waals surface area (Å²) in [6, 6.07) is 28.7.